The summed E-state index contributed by atoms with van der Waals surface area (Å²) in [6, 6.07) is 0. The molecular formula is C12H21N3O4S. The first-order valence-electron chi connectivity index (χ1n) is 6.55. The van der Waals surface area contributed by atoms with Gasteiger partial charge in [-0.15, -0.1) is 0 Å². The van der Waals surface area contributed by atoms with Crippen molar-refractivity contribution in [2.24, 2.45) is 5.92 Å². The third-order valence-electron chi connectivity index (χ3n) is 3.11. The van der Waals surface area contributed by atoms with Crippen molar-refractivity contribution in [1.29, 1.82) is 0 Å². The minimum atomic E-state index is -3.61. The fraction of sp³-hybridized carbons (Fsp3) is 0.667. The van der Waals surface area contributed by atoms with Crippen LogP contribution in [0, 0.1) is 5.92 Å². The fourth-order valence-electron chi connectivity index (χ4n) is 1.73. The molecule has 7 nitrogen and oxygen atoms in total. The highest BCUT2D eigenvalue weighted by atomic mass is 32.2. The van der Waals surface area contributed by atoms with Gasteiger partial charge in [-0.05, 0) is 5.92 Å². The Hall–Kier alpha value is -1.41. The third kappa shape index (κ3) is 4.04. The average Bonchev–Trinajstić information content (AvgIpc) is 2.83. The standard InChI is InChI=1S/C12H21N3O4S/c1-4-10(3)7-15(5-2)20(18,19)11-6-13-14(8-11)9-12(16)17/h6,8,10H,4-5,7,9H2,1-3H3,(H,16,17). The lowest BCUT2D eigenvalue weighted by Crippen LogP contribution is -2.34. The monoisotopic (exact) mass is 303 g/mol. The van der Waals surface area contributed by atoms with Gasteiger partial charge >= 0.3 is 5.97 Å². The molecule has 0 radical (unpaired) electrons. The van der Waals surface area contributed by atoms with Crippen LogP contribution in [0.3, 0.4) is 0 Å². The first-order valence-corrected chi connectivity index (χ1v) is 7.99. The molecule has 0 fully saturated rings. The molecule has 1 rings (SSSR count). The summed E-state index contributed by atoms with van der Waals surface area (Å²) in [5.41, 5.74) is 0. The first-order chi connectivity index (χ1) is 9.31. The van der Waals surface area contributed by atoms with Crippen LogP contribution < -0.4 is 0 Å². The summed E-state index contributed by atoms with van der Waals surface area (Å²) in [4.78, 5) is 10.6. The number of hydrogen-bond donors (Lipinski definition) is 1. The zero-order chi connectivity index (χ0) is 15.3. The molecule has 0 saturated heterocycles. The van der Waals surface area contributed by atoms with Crippen LogP contribution in [0.5, 0.6) is 0 Å². The summed E-state index contributed by atoms with van der Waals surface area (Å²) in [5.74, 6) is -0.803. The van der Waals surface area contributed by atoms with Crippen LogP contribution in [-0.4, -0.2) is 46.7 Å². The van der Waals surface area contributed by atoms with Crippen LogP contribution in [-0.2, 0) is 21.4 Å². The SMILES string of the molecule is CCC(C)CN(CC)S(=O)(=O)c1cnn(CC(=O)O)c1. The molecule has 0 aliphatic rings. The Labute approximate surface area is 119 Å². The molecule has 0 aliphatic heterocycles. The summed E-state index contributed by atoms with van der Waals surface area (Å²) in [6.07, 6.45) is 3.34. The summed E-state index contributed by atoms with van der Waals surface area (Å²) in [5, 5.41) is 12.4. The number of hydrogen-bond acceptors (Lipinski definition) is 4. The van der Waals surface area contributed by atoms with E-state index in [9.17, 15) is 13.2 Å². The molecular weight excluding hydrogens is 282 g/mol. The lowest BCUT2D eigenvalue weighted by Gasteiger charge is -2.22. The number of carboxylic acids is 1. The maximum atomic E-state index is 12.4. The van der Waals surface area contributed by atoms with E-state index in [2.05, 4.69) is 5.10 Å². The van der Waals surface area contributed by atoms with E-state index in [0.29, 0.717) is 13.1 Å². The van der Waals surface area contributed by atoms with Crippen LogP contribution in [0.15, 0.2) is 17.3 Å². The van der Waals surface area contributed by atoms with Crippen LogP contribution in [0.25, 0.3) is 0 Å². The van der Waals surface area contributed by atoms with E-state index in [1.165, 1.54) is 16.7 Å². The molecule has 1 N–H and O–H groups in total. The van der Waals surface area contributed by atoms with Gasteiger partial charge in [0, 0.05) is 19.3 Å². The van der Waals surface area contributed by atoms with Gasteiger partial charge < -0.3 is 5.11 Å². The molecule has 0 aromatic carbocycles. The predicted octanol–water partition coefficient (Wildman–Crippen LogP) is 1.02. The van der Waals surface area contributed by atoms with Crippen molar-refractivity contribution in [2.75, 3.05) is 13.1 Å². The lowest BCUT2D eigenvalue weighted by molar-refractivity contribution is -0.137. The van der Waals surface area contributed by atoms with E-state index in [-0.39, 0.29) is 17.4 Å². The second kappa shape index (κ2) is 6.85. The van der Waals surface area contributed by atoms with Gasteiger partial charge in [0.2, 0.25) is 10.0 Å². The molecule has 0 spiro atoms. The zero-order valence-corrected chi connectivity index (χ0v) is 12.8. The summed E-state index contributed by atoms with van der Waals surface area (Å²) in [6.45, 7) is 6.24. The Bertz CT molecular complexity index is 553. The number of nitrogens with zero attached hydrogens (tertiary/aromatic N) is 3. The summed E-state index contributed by atoms with van der Waals surface area (Å²) < 4.78 is 27.4. The quantitative estimate of drug-likeness (QED) is 0.774. The fourth-order valence-corrected chi connectivity index (χ4v) is 3.25. The van der Waals surface area contributed by atoms with E-state index < -0.39 is 16.0 Å². The van der Waals surface area contributed by atoms with Crippen molar-refractivity contribution in [2.45, 2.75) is 38.6 Å². The Balaban J connectivity index is 2.95. The zero-order valence-electron chi connectivity index (χ0n) is 12.0. The van der Waals surface area contributed by atoms with Crippen molar-refractivity contribution < 1.29 is 18.3 Å². The van der Waals surface area contributed by atoms with Crippen molar-refractivity contribution in [3.63, 3.8) is 0 Å². The van der Waals surface area contributed by atoms with Gasteiger partial charge in [0.25, 0.3) is 0 Å². The first kappa shape index (κ1) is 16.6. The molecule has 0 saturated carbocycles. The lowest BCUT2D eigenvalue weighted by atomic mass is 10.1. The second-order valence-corrected chi connectivity index (χ2v) is 6.67. The Morgan fingerprint density at radius 2 is 2.15 bits per heavy atom. The van der Waals surface area contributed by atoms with Gasteiger partial charge in [-0.2, -0.15) is 9.40 Å². The average molecular weight is 303 g/mol. The van der Waals surface area contributed by atoms with Crippen molar-refractivity contribution in [1.82, 2.24) is 14.1 Å². The molecule has 8 heteroatoms. The number of aliphatic carboxylic acids is 1. The number of aromatic nitrogens is 2. The van der Waals surface area contributed by atoms with Gasteiger partial charge in [0.15, 0.2) is 0 Å². The highest BCUT2D eigenvalue weighted by Crippen LogP contribution is 2.17. The van der Waals surface area contributed by atoms with Gasteiger partial charge in [0.05, 0.1) is 6.20 Å². The van der Waals surface area contributed by atoms with E-state index in [1.54, 1.807) is 6.92 Å². The Morgan fingerprint density at radius 1 is 1.50 bits per heavy atom. The molecule has 114 valence electrons. The highest BCUT2D eigenvalue weighted by Gasteiger charge is 2.25. The van der Waals surface area contributed by atoms with Crippen LogP contribution >= 0.6 is 0 Å². The molecule has 1 aromatic heterocycles. The Morgan fingerprint density at radius 3 is 2.65 bits per heavy atom. The molecule has 0 aliphatic carbocycles. The molecule has 1 heterocycles. The van der Waals surface area contributed by atoms with E-state index >= 15 is 0 Å². The van der Waals surface area contributed by atoms with Crippen LogP contribution in [0.1, 0.15) is 27.2 Å². The van der Waals surface area contributed by atoms with Gasteiger partial charge in [-0.3, -0.25) is 9.48 Å². The minimum Gasteiger partial charge on any atom is -0.480 e. The van der Waals surface area contributed by atoms with E-state index in [4.69, 9.17) is 5.11 Å². The molecule has 1 unspecified atom stereocenters. The van der Waals surface area contributed by atoms with Gasteiger partial charge in [-0.1, -0.05) is 27.2 Å². The largest absolute Gasteiger partial charge is 0.480 e. The van der Waals surface area contributed by atoms with Gasteiger partial charge in [-0.25, -0.2) is 8.42 Å². The van der Waals surface area contributed by atoms with Crippen LogP contribution in [0.2, 0.25) is 0 Å². The topological polar surface area (TPSA) is 92.5 Å². The molecule has 0 bridgehead atoms. The van der Waals surface area contributed by atoms with E-state index in [1.807, 2.05) is 13.8 Å². The van der Waals surface area contributed by atoms with E-state index in [0.717, 1.165) is 11.1 Å². The van der Waals surface area contributed by atoms with Crippen molar-refractivity contribution in [3.05, 3.63) is 12.4 Å². The maximum Gasteiger partial charge on any atom is 0.325 e. The predicted molar refractivity (Wildman–Crippen MR) is 73.8 cm³/mol. The molecule has 1 atom stereocenters. The minimum absolute atomic E-state index is 0.0314. The van der Waals surface area contributed by atoms with Crippen molar-refractivity contribution in [3.8, 4) is 0 Å². The smallest absolute Gasteiger partial charge is 0.325 e. The number of carbonyl (C=O) groups is 1. The van der Waals surface area contributed by atoms with Gasteiger partial charge in [0.1, 0.15) is 11.4 Å². The van der Waals surface area contributed by atoms with Crippen LogP contribution in [0.4, 0.5) is 0 Å². The highest BCUT2D eigenvalue weighted by molar-refractivity contribution is 7.89. The Kier molecular flexibility index (Phi) is 5.70. The maximum absolute atomic E-state index is 12.4. The summed E-state index contributed by atoms with van der Waals surface area (Å²) >= 11 is 0. The normalized spacial score (nSPS) is 13.6. The summed E-state index contributed by atoms with van der Waals surface area (Å²) in [7, 11) is -3.61. The number of carboxylic acid groups (broad SMARTS) is 1. The van der Waals surface area contributed by atoms with Crippen molar-refractivity contribution >= 4 is 16.0 Å². The third-order valence-corrected chi connectivity index (χ3v) is 5.00. The number of rotatable bonds is 8. The molecule has 0 amide bonds. The second-order valence-electron chi connectivity index (χ2n) is 4.74. The number of sulfonamides is 1. The molecule has 20 heavy (non-hydrogen) atoms. The molecule has 1 aromatic rings.